The topological polar surface area (TPSA) is 60.8 Å². The molecule has 1 aliphatic heterocycles. The normalized spacial score (nSPS) is 24.7. The maximum Gasteiger partial charge on any atom is 0.335 e. The van der Waals surface area contributed by atoms with E-state index >= 15 is 0 Å². The van der Waals surface area contributed by atoms with Crippen molar-refractivity contribution in [3.8, 4) is 0 Å². The van der Waals surface area contributed by atoms with Crippen LogP contribution in [0.25, 0.3) is 0 Å². The molecule has 0 spiro atoms. The molecule has 1 aromatic carbocycles. The number of carboxylic acids is 1. The van der Waals surface area contributed by atoms with Crippen LogP contribution in [-0.2, 0) is 4.79 Å². The van der Waals surface area contributed by atoms with E-state index in [0.29, 0.717) is 19.4 Å². The van der Waals surface area contributed by atoms with Gasteiger partial charge in [0.2, 0.25) is 0 Å². The minimum Gasteiger partial charge on any atom is -0.479 e. The predicted molar refractivity (Wildman–Crippen MR) is 69.8 cm³/mol. The van der Waals surface area contributed by atoms with E-state index in [2.05, 4.69) is 4.90 Å². The monoisotopic (exact) mass is 249 g/mol. The maximum absolute atomic E-state index is 11.0. The lowest BCUT2D eigenvalue weighted by molar-refractivity contribution is -0.159. The number of anilines is 1. The van der Waals surface area contributed by atoms with Crippen LogP contribution in [0.5, 0.6) is 0 Å². The number of aliphatic carboxylic acids is 1. The second-order valence-electron chi connectivity index (χ2n) is 5.01. The zero-order chi connectivity index (χ0) is 13.2. The van der Waals surface area contributed by atoms with Gasteiger partial charge in [0.15, 0.2) is 5.60 Å². The molecule has 98 valence electrons. The van der Waals surface area contributed by atoms with Crippen molar-refractivity contribution in [2.75, 3.05) is 18.0 Å². The van der Waals surface area contributed by atoms with Crippen LogP contribution >= 0.6 is 0 Å². The largest absolute Gasteiger partial charge is 0.479 e. The van der Waals surface area contributed by atoms with E-state index in [0.717, 1.165) is 12.2 Å². The van der Waals surface area contributed by atoms with Gasteiger partial charge < -0.3 is 15.1 Å². The highest BCUT2D eigenvalue weighted by Gasteiger charge is 2.37. The summed E-state index contributed by atoms with van der Waals surface area (Å²) in [6, 6.07) is 8.17. The fraction of sp³-hybridized carbons (Fsp3) is 0.500. The van der Waals surface area contributed by atoms with Crippen molar-refractivity contribution in [2.45, 2.75) is 31.8 Å². The maximum atomic E-state index is 11.0. The Morgan fingerprint density at radius 1 is 1.22 bits per heavy atom. The average molecular weight is 249 g/mol. The van der Waals surface area contributed by atoms with Crippen LogP contribution < -0.4 is 4.90 Å². The molecule has 2 N–H and O–H groups in total. The number of benzene rings is 1. The van der Waals surface area contributed by atoms with Crippen molar-refractivity contribution in [1.82, 2.24) is 0 Å². The second-order valence-corrected chi connectivity index (χ2v) is 5.01. The lowest BCUT2D eigenvalue weighted by Crippen LogP contribution is -2.39. The first-order valence-electron chi connectivity index (χ1n) is 6.29. The Balaban J connectivity index is 2.09. The van der Waals surface area contributed by atoms with E-state index in [9.17, 15) is 9.90 Å². The number of carbonyl (C=O) groups is 1. The molecule has 1 heterocycles. The van der Waals surface area contributed by atoms with Crippen molar-refractivity contribution < 1.29 is 15.0 Å². The molecule has 1 fully saturated rings. The summed E-state index contributed by atoms with van der Waals surface area (Å²) in [4.78, 5) is 13.2. The van der Waals surface area contributed by atoms with E-state index < -0.39 is 11.6 Å². The first-order valence-corrected chi connectivity index (χ1v) is 6.29. The van der Waals surface area contributed by atoms with Gasteiger partial charge in [-0.05, 0) is 31.9 Å². The Labute approximate surface area is 107 Å². The van der Waals surface area contributed by atoms with E-state index in [1.165, 1.54) is 5.56 Å². The van der Waals surface area contributed by atoms with Crippen LogP contribution in [0.3, 0.4) is 0 Å². The number of carboxylic acid groups (broad SMARTS) is 1. The summed E-state index contributed by atoms with van der Waals surface area (Å²) in [6.45, 7) is 3.40. The summed E-state index contributed by atoms with van der Waals surface area (Å²) in [6.07, 6.45) is 1.29. The first-order chi connectivity index (χ1) is 8.51. The number of hydrogen-bond donors (Lipinski definition) is 2. The molecule has 1 aliphatic rings. The molecular formula is C14H19NO3. The van der Waals surface area contributed by atoms with Gasteiger partial charge in [-0.1, -0.05) is 17.7 Å². The summed E-state index contributed by atoms with van der Waals surface area (Å²) in [7, 11) is 0. The quantitative estimate of drug-likeness (QED) is 0.839. The molecule has 1 aromatic rings. The SMILES string of the molecule is Cc1ccc(N2CCCC(O)(C(=O)O)CC2)cc1. The number of nitrogens with zero attached hydrogens (tertiary/aromatic N) is 1. The molecule has 2 rings (SSSR count). The number of aliphatic hydroxyl groups is 1. The highest BCUT2D eigenvalue weighted by atomic mass is 16.4. The molecule has 1 saturated heterocycles. The summed E-state index contributed by atoms with van der Waals surface area (Å²) in [5.41, 5.74) is 0.741. The number of hydrogen-bond acceptors (Lipinski definition) is 3. The Kier molecular flexibility index (Phi) is 3.57. The zero-order valence-electron chi connectivity index (χ0n) is 10.6. The van der Waals surface area contributed by atoms with E-state index in [1.54, 1.807) is 0 Å². The third-order valence-electron chi connectivity index (χ3n) is 3.61. The lowest BCUT2D eigenvalue weighted by Gasteiger charge is -2.24. The first kappa shape index (κ1) is 12.9. The molecule has 0 aromatic heterocycles. The molecule has 4 nitrogen and oxygen atoms in total. The van der Waals surface area contributed by atoms with Gasteiger partial charge in [-0.3, -0.25) is 0 Å². The van der Waals surface area contributed by atoms with E-state index in [-0.39, 0.29) is 6.42 Å². The minimum atomic E-state index is -1.56. The minimum absolute atomic E-state index is 0.274. The van der Waals surface area contributed by atoms with Crippen molar-refractivity contribution in [1.29, 1.82) is 0 Å². The van der Waals surface area contributed by atoms with Gasteiger partial charge in [-0.15, -0.1) is 0 Å². The van der Waals surface area contributed by atoms with Gasteiger partial charge in [0, 0.05) is 25.2 Å². The summed E-state index contributed by atoms with van der Waals surface area (Å²) < 4.78 is 0. The van der Waals surface area contributed by atoms with Crippen LogP contribution in [0.15, 0.2) is 24.3 Å². The molecule has 0 saturated carbocycles. The lowest BCUT2D eigenvalue weighted by atomic mass is 9.95. The van der Waals surface area contributed by atoms with Gasteiger partial charge in [0.25, 0.3) is 0 Å². The van der Waals surface area contributed by atoms with Crippen LogP contribution in [0.2, 0.25) is 0 Å². The molecular weight excluding hydrogens is 230 g/mol. The Morgan fingerprint density at radius 2 is 1.89 bits per heavy atom. The number of rotatable bonds is 2. The summed E-state index contributed by atoms with van der Waals surface area (Å²) >= 11 is 0. The highest BCUT2D eigenvalue weighted by Crippen LogP contribution is 2.26. The molecule has 0 amide bonds. The van der Waals surface area contributed by atoms with Crippen molar-refractivity contribution in [3.63, 3.8) is 0 Å². The van der Waals surface area contributed by atoms with E-state index in [4.69, 9.17) is 5.11 Å². The Hall–Kier alpha value is -1.55. The molecule has 18 heavy (non-hydrogen) atoms. The zero-order valence-corrected chi connectivity index (χ0v) is 10.6. The number of aryl methyl sites for hydroxylation is 1. The standard InChI is InChI=1S/C14H19NO3/c1-11-3-5-12(6-4-11)15-9-2-7-14(18,8-10-15)13(16)17/h3-6,18H,2,7-10H2,1H3,(H,16,17). The fourth-order valence-electron chi connectivity index (χ4n) is 2.35. The molecule has 0 radical (unpaired) electrons. The smallest absolute Gasteiger partial charge is 0.335 e. The molecule has 0 bridgehead atoms. The predicted octanol–water partition coefficient (Wildman–Crippen LogP) is 1.80. The van der Waals surface area contributed by atoms with Crippen molar-refractivity contribution in [3.05, 3.63) is 29.8 Å². The Bertz CT molecular complexity index is 429. The third-order valence-corrected chi connectivity index (χ3v) is 3.61. The summed E-state index contributed by atoms with van der Waals surface area (Å²) in [5.74, 6) is -1.10. The highest BCUT2D eigenvalue weighted by molar-refractivity contribution is 5.77. The van der Waals surface area contributed by atoms with Gasteiger partial charge >= 0.3 is 5.97 Å². The van der Waals surface area contributed by atoms with Crippen molar-refractivity contribution >= 4 is 11.7 Å². The van der Waals surface area contributed by atoms with Crippen LogP contribution in [0.4, 0.5) is 5.69 Å². The van der Waals surface area contributed by atoms with Gasteiger partial charge in [0.1, 0.15) is 0 Å². The molecule has 1 unspecified atom stereocenters. The molecule has 1 atom stereocenters. The van der Waals surface area contributed by atoms with Gasteiger partial charge in [-0.2, -0.15) is 0 Å². The second kappa shape index (κ2) is 4.98. The Morgan fingerprint density at radius 3 is 2.50 bits per heavy atom. The third kappa shape index (κ3) is 2.64. The van der Waals surface area contributed by atoms with Crippen molar-refractivity contribution in [2.24, 2.45) is 0 Å². The summed E-state index contributed by atoms with van der Waals surface area (Å²) in [5, 5.41) is 19.1. The van der Waals surface area contributed by atoms with Gasteiger partial charge in [0.05, 0.1) is 0 Å². The van der Waals surface area contributed by atoms with Crippen LogP contribution in [0, 0.1) is 6.92 Å². The van der Waals surface area contributed by atoms with Crippen LogP contribution in [-0.4, -0.2) is 34.9 Å². The van der Waals surface area contributed by atoms with E-state index in [1.807, 2.05) is 31.2 Å². The molecule has 4 heteroatoms. The van der Waals surface area contributed by atoms with Crippen LogP contribution in [0.1, 0.15) is 24.8 Å². The average Bonchev–Trinajstić information content (AvgIpc) is 2.54. The fourth-order valence-corrected chi connectivity index (χ4v) is 2.35. The molecule has 0 aliphatic carbocycles. The van der Waals surface area contributed by atoms with Gasteiger partial charge in [-0.25, -0.2) is 4.79 Å².